The van der Waals surface area contributed by atoms with Gasteiger partial charge in [0.25, 0.3) is 5.91 Å². The molecule has 1 aromatic heterocycles. The number of hydrogen-bond donors (Lipinski definition) is 2. The Hall–Kier alpha value is -1.53. The van der Waals surface area contributed by atoms with Crippen LogP contribution in [0.4, 0.5) is 4.39 Å². The highest BCUT2D eigenvalue weighted by Crippen LogP contribution is 2.20. The van der Waals surface area contributed by atoms with Gasteiger partial charge in [-0.1, -0.05) is 0 Å². The van der Waals surface area contributed by atoms with E-state index >= 15 is 0 Å². The lowest BCUT2D eigenvalue weighted by Gasteiger charge is -2.36. The van der Waals surface area contributed by atoms with Gasteiger partial charge in [0.2, 0.25) is 5.95 Å². The Kier molecular flexibility index (Phi) is 3.88. The van der Waals surface area contributed by atoms with E-state index in [2.05, 4.69) is 10.3 Å². The molecule has 0 aromatic carbocycles. The summed E-state index contributed by atoms with van der Waals surface area (Å²) < 4.78 is 17.9. The van der Waals surface area contributed by atoms with Crippen LogP contribution in [0.2, 0.25) is 0 Å². The lowest BCUT2D eigenvalue weighted by Crippen LogP contribution is -2.54. The number of aliphatic hydroxyl groups excluding tert-OH is 1. The van der Waals surface area contributed by atoms with Crippen LogP contribution >= 0.6 is 0 Å². The fourth-order valence-corrected chi connectivity index (χ4v) is 1.91. The van der Waals surface area contributed by atoms with Gasteiger partial charge in [0.15, 0.2) is 0 Å². The Morgan fingerprint density at radius 1 is 1.50 bits per heavy atom. The van der Waals surface area contributed by atoms with Crippen molar-refractivity contribution in [2.45, 2.75) is 18.4 Å². The van der Waals surface area contributed by atoms with E-state index in [0.29, 0.717) is 26.1 Å². The second kappa shape index (κ2) is 5.41. The standard InChI is InChI=1S/C12H15FN2O3/c13-10-2-1-9(7-14-10)11(17)15-12(8-16)3-5-18-6-4-12/h1-2,7,16H,3-6,8H2,(H,15,17). The van der Waals surface area contributed by atoms with Crippen molar-refractivity contribution in [1.82, 2.24) is 10.3 Å². The van der Waals surface area contributed by atoms with Crippen molar-refractivity contribution in [2.75, 3.05) is 19.8 Å². The minimum atomic E-state index is -0.649. The fraction of sp³-hybridized carbons (Fsp3) is 0.500. The first-order valence-corrected chi connectivity index (χ1v) is 5.78. The number of carbonyl (C=O) groups is 1. The van der Waals surface area contributed by atoms with Gasteiger partial charge in [0.1, 0.15) is 0 Å². The van der Waals surface area contributed by atoms with Crippen LogP contribution in [-0.2, 0) is 4.74 Å². The minimum absolute atomic E-state index is 0.142. The van der Waals surface area contributed by atoms with Gasteiger partial charge in [0.05, 0.1) is 17.7 Å². The number of rotatable bonds is 3. The van der Waals surface area contributed by atoms with Crippen LogP contribution in [0, 0.1) is 5.95 Å². The van der Waals surface area contributed by atoms with Gasteiger partial charge < -0.3 is 15.2 Å². The molecule has 2 heterocycles. The molecule has 1 saturated heterocycles. The predicted octanol–water partition coefficient (Wildman–Crippen LogP) is 0.492. The molecule has 0 unspecified atom stereocenters. The van der Waals surface area contributed by atoms with E-state index in [-0.39, 0.29) is 18.1 Å². The molecule has 5 nitrogen and oxygen atoms in total. The molecule has 2 N–H and O–H groups in total. The first-order chi connectivity index (χ1) is 8.65. The molecule has 98 valence electrons. The molecule has 18 heavy (non-hydrogen) atoms. The van der Waals surface area contributed by atoms with Gasteiger partial charge >= 0.3 is 0 Å². The first-order valence-electron chi connectivity index (χ1n) is 5.78. The number of hydrogen-bond acceptors (Lipinski definition) is 4. The van der Waals surface area contributed by atoms with Crippen molar-refractivity contribution in [3.05, 3.63) is 29.8 Å². The minimum Gasteiger partial charge on any atom is -0.394 e. The van der Waals surface area contributed by atoms with E-state index in [1.54, 1.807) is 0 Å². The highest BCUT2D eigenvalue weighted by molar-refractivity contribution is 5.94. The smallest absolute Gasteiger partial charge is 0.253 e. The van der Waals surface area contributed by atoms with Gasteiger partial charge in [0, 0.05) is 19.4 Å². The van der Waals surface area contributed by atoms with Crippen LogP contribution in [0.25, 0.3) is 0 Å². The second-order valence-electron chi connectivity index (χ2n) is 4.37. The van der Waals surface area contributed by atoms with Crippen LogP contribution in [0.5, 0.6) is 0 Å². The molecule has 0 atom stereocenters. The van der Waals surface area contributed by atoms with Crippen molar-refractivity contribution < 1.29 is 19.0 Å². The molecule has 2 rings (SSSR count). The van der Waals surface area contributed by atoms with Crippen molar-refractivity contribution >= 4 is 5.91 Å². The Morgan fingerprint density at radius 3 is 2.78 bits per heavy atom. The van der Waals surface area contributed by atoms with Crippen LogP contribution in [0.15, 0.2) is 18.3 Å². The molecule has 0 bridgehead atoms. The van der Waals surface area contributed by atoms with Crippen LogP contribution < -0.4 is 5.32 Å². The average molecular weight is 254 g/mol. The maximum absolute atomic E-state index is 12.7. The summed E-state index contributed by atoms with van der Waals surface area (Å²) in [4.78, 5) is 15.4. The molecule has 1 aliphatic heterocycles. The predicted molar refractivity (Wildman–Crippen MR) is 61.5 cm³/mol. The van der Waals surface area contributed by atoms with Crippen LogP contribution in [-0.4, -0.2) is 41.4 Å². The number of amides is 1. The molecule has 0 aliphatic carbocycles. The molecular weight excluding hydrogens is 239 g/mol. The van der Waals surface area contributed by atoms with Crippen molar-refractivity contribution in [3.63, 3.8) is 0 Å². The van der Waals surface area contributed by atoms with Gasteiger partial charge in [-0.2, -0.15) is 4.39 Å². The van der Waals surface area contributed by atoms with E-state index in [0.717, 1.165) is 6.07 Å². The number of nitrogens with one attached hydrogen (secondary N) is 1. The molecule has 0 saturated carbocycles. The third-order valence-electron chi connectivity index (χ3n) is 3.12. The average Bonchev–Trinajstić information content (AvgIpc) is 2.40. The number of ether oxygens (including phenoxy) is 1. The largest absolute Gasteiger partial charge is 0.394 e. The van der Waals surface area contributed by atoms with Gasteiger partial charge in [-0.15, -0.1) is 0 Å². The molecule has 0 spiro atoms. The number of nitrogens with zero attached hydrogens (tertiary/aromatic N) is 1. The van der Waals surface area contributed by atoms with E-state index in [4.69, 9.17) is 4.74 Å². The summed E-state index contributed by atoms with van der Waals surface area (Å²) in [6.07, 6.45) is 2.29. The summed E-state index contributed by atoms with van der Waals surface area (Å²) in [6.45, 7) is 0.863. The SMILES string of the molecule is O=C(NC1(CO)CCOCC1)c1ccc(F)nc1. The summed E-state index contributed by atoms with van der Waals surface area (Å²) in [5.74, 6) is -0.993. The van der Waals surface area contributed by atoms with E-state index < -0.39 is 11.5 Å². The highest BCUT2D eigenvalue weighted by atomic mass is 19.1. The zero-order chi connectivity index (χ0) is 13.0. The number of carbonyl (C=O) groups excluding carboxylic acids is 1. The number of aromatic nitrogens is 1. The summed E-state index contributed by atoms with van der Waals surface area (Å²) >= 11 is 0. The van der Waals surface area contributed by atoms with Gasteiger partial charge in [-0.05, 0) is 25.0 Å². The van der Waals surface area contributed by atoms with E-state index in [1.807, 2.05) is 0 Å². The molecule has 1 amide bonds. The normalized spacial score (nSPS) is 18.3. The van der Waals surface area contributed by atoms with Crippen molar-refractivity contribution in [1.29, 1.82) is 0 Å². The maximum atomic E-state index is 12.7. The van der Waals surface area contributed by atoms with Gasteiger partial charge in [-0.25, -0.2) is 4.98 Å². The zero-order valence-corrected chi connectivity index (χ0v) is 9.86. The number of aliphatic hydroxyl groups is 1. The lowest BCUT2D eigenvalue weighted by atomic mass is 9.90. The summed E-state index contributed by atoms with van der Waals surface area (Å²) in [6, 6.07) is 2.49. The quantitative estimate of drug-likeness (QED) is 0.770. The maximum Gasteiger partial charge on any atom is 0.253 e. The van der Waals surface area contributed by atoms with Crippen molar-refractivity contribution in [2.24, 2.45) is 0 Å². The topological polar surface area (TPSA) is 71.5 Å². The van der Waals surface area contributed by atoms with Crippen LogP contribution in [0.3, 0.4) is 0 Å². The van der Waals surface area contributed by atoms with Crippen LogP contribution in [0.1, 0.15) is 23.2 Å². The Labute approximate surface area is 104 Å². The zero-order valence-electron chi connectivity index (χ0n) is 9.86. The lowest BCUT2D eigenvalue weighted by molar-refractivity contribution is 0.0125. The van der Waals surface area contributed by atoms with Gasteiger partial charge in [-0.3, -0.25) is 4.79 Å². The molecule has 6 heteroatoms. The summed E-state index contributed by atoms with van der Waals surface area (Å²) in [5, 5.41) is 12.2. The van der Waals surface area contributed by atoms with E-state index in [9.17, 15) is 14.3 Å². The Morgan fingerprint density at radius 2 is 2.22 bits per heavy atom. The first kappa shape index (κ1) is 12.9. The molecule has 1 aliphatic rings. The molecule has 1 fully saturated rings. The third-order valence-corrected chi connectivity index (χ3v) is 3.12. The molecular formula is C12H15FN2O3. The second-order valence-corrected chi connectivity index (χ2v) is 4.37. The number of halogens is 1. The third kappa shape index (κ3) is 2.83. The van der Waals surface area contributed by atoms with Crippen molar-refractivity contribution in [3.8, 4) is 0 Å². The highest BCUT2D eigenvalue weighted by Gasteiger charge is 2.33. The summed E-state index contributed by atoms with van der Waals surface area (Å²) in [7, 11) is 0. The monoisotopic (exact) mass is 254 g/mol. The Bertz CT molecular complexity index is 416. The Balaban J connectivity index is 2.07. The fourth-order valence-electron chi connectivity index (χ4n) is 1.91. The summed E-state index contributed by atoms with van der Waals surface area (Å²) in [5.41, 5.74) is -0.375. The molecule has 0 radical (unpaired) electrons. The molecule has 1 aromatic rings. The number of pyridine rings is 1. The van der Waals surface area contributed by atoms with E-state index in [1.165, 1.54) is 12.3 Å².